The summed E-state index contributed by atoms with van der Waals surface area (Å²) in [5.74, 6) is 1.10. The number of halogens is 2. The molecule has 1 saturated heterocycles. The van der Waals surface area contributed by atoms with Gasteiger partial charge in [0.2, 0.25) is 5.91 Å². The fraction of sp³-hybridized carbons (Fsp3) is 0.500. The molecule has 20 heavy (non-hydrogen) atoms. The quantitative estimate of drug-likeness (QED) is 0.918. The number of amides is 1. The number of nitrogens with one attached hydrogen (secondary N) is 1. The number of rotatable bonds is 4. The van der Waals surface area contributed by atoms with E-state index in [-0.39, 0.29) is 24.4 Å². The van der Waals surface area contributed by atoms with Gasteiger partial charge in [0.05, 0.1) is 6.04 Å². The molecule has 0 aromatic heterocycles. The molecule has 2 rings (SSSR count). The van der Waals surface area contributed by atoms with E-state index < -0.39 is 0 Å². The molecule has 1 fully saturated rings. The summed E-state index contributed by atoms with van der Waals surface area (Å²) in [4.78, 5) is 14.3. The Bertz CT molecular complexity index is 445. The highest BCUT2D eigenvalue weighted by atomic mass is 35.5. The number of nitrogens with zero attached hydrogens (tertiary/aromatic N) is 1. The number of carbonyl (C=O) groups excluding carboxylic acids is 1. The van der Waals surface area contributed by atoms with Gasteiger partial charge in [0.15, 0.2) is 0 Å². The predicted octanol–water partition coefficient (Wildman–Crippen LogP) is 2.99. The number of carbonyl (C=O) groups is 1. The zero-order valence-electron chi connectivity index (χ0n) is 11.5. The van der Waals surface area contributed by atoms with Crippen LogP contribution in [0.25, 0.3) is 0 Å². The van der Waals surface area contributed by atoms with Gasteiger partial charge in [-0.1, -0.05) is 29.8 Å². The first kappa shape index (κ1) is 17.6. The van der Waals surface area contributed by atoms with Gasteiger partial charge in [-0.15, -0.1) is 12.4 Å². The lowest BCUT2D eigenvalue weighted by Gasteiger charge is -2.37. The first-order chi connectivity index (χ1) is 9.24. The molecule has 112 valence electrons. The highest BCUT2D eigenvalue weighted by Gasteiger charge is 2.28. The third kappa shape index (κ3) is 4.29. The van der Waals surface area contributed by atoms with Crippen LogP contribution in [0.5, 0.6) is 0 Å². The molecule has 0 spiro atoms. The Labute approximate surface area is 135 Å². The topological polar surface area (TPSA) is 32.3 Å². The summed E-state index contributed by atoms with van der Waals surface area (Å²) >= 11 is 7.97. The van der Waals surface area contributed by atoms with Crippen molar-refractivity contribution in [3.05, 3.63) is 34.9 Å². The summed E-state index contributed by atoms with van der Waals surface area (Å²) in [6.45, 7) is 2.38. The van der Waals surface area contributed by atoms with Crippen LogP contribution in [0.3, 0.4) is 0 Å². The van der Waals surface area contributed by atoms with Crippen LogP contribution in [0.1, 0.15) is 18.0 Å². The maximum Gasteiger partial charge on any atom is 0.224 e. The van der Waals surface area contributed by atoms with E-state index in [4.69, 9.17) is 11.6 Å². The van der Waals surface area contributed by atoms with Gasteiger partial charge in [-0.2, -0.15) is 11.8 Å². The van der Waals surface area contributed by atoms with Crippen LogP contribution >= 0.6 is 35.8 Å². The van der Waals surface area contributed by atoms with E-state index in [1.807, 2.05) is 35.4 Å². The highest BCUT2D eigenvalue weighted by molar-refractivity contribution is 7.98. The van der Waals surface area contributed by atoms with Gasteiger partial charge in [-0.3, -0.25) is 4.79 Å². The lowest BCUT2D eigenvalue weighted by molar-refractivity contribution is -0.134. The summed E-state index contributed by atoms with van der Waals surface area (Å²) in [6.07, 6.45) is 2.62. The van der Waals surface area contributed by atoms with Crippen molar-refractivity contribution >= 4 is 41.7 Å². The van der Waals surface area contributed by atoms with Gasteiger partial charge in [-0.25, -0.2) is 0 Å². The van der Waals surface area contributed by atoms with Crippen LogP contribution in [0, 0.1) is 0 Å². The van der Waals surface area contributed by atoms with Crippen LogP contribution in [-0.2, 0) is 4.79 Å². The van der Waals surface area contributed by atoms with Gasteiger partial charge < -0.3 is 10.2 Å². The van der Waals surface area contributed by atoms with Crippen molar-refractivity contribution < 1.29 is 4.79 Å². The van der Waals surface area contributed by atoms with Crippen LogP contribution in [0.15, 0.2) is 24.3 Å². The Morgan fingerprint density at radius 1 is 1.50 bits per heavy atom. The summed E-state index contributed by atoms with van der Waals surface area (Å²) < 4.78 is 0. The van der Waals surface area contributed by atoms with Gasteiger partial charge >= 0.3 is 0 Å². The van der Waals surface area contributed by atoms with Crippen molar-refractivity contribution in [3.63, 3.8) is 0 Å². The molecule has 1 atom stereocenters. The number of benzene rings is 1. The summed E-state index contributed by atoms with van der Waals surface area (Å²) in [7, 11) is 0. The Hall–Kier alpha value is -0.420. The number of hydrogen-bond donors (Lipinski definition) is 1. The summed E-state index contributed by atoms with van der Waals surface area (Å²) in [5.41, 5.74) is 1.04. The molecule has 1 aliphatic rings. The SMILES string of the molecule is CSCCC(=O)N1CCNCC1c1ccccc1Cl.Cl. The lowest BCUT2D eigenvalue weighted by atomic mass is 10.0. The highest BCUT2D eigenvalue weighted by Crippen LogP contribution is 2.28. The smallest absolute Gasteiger partial charge is 0.224 e. The largest absolute Gasteiger partial charge is 0.333 e. The normalized spacial score (nSPS) is 18.5. The van der Waals surface area contributed by atoms with Crippen molar-refractivity contribution in [1.82, 2.24) is 10.2 Å². The first-order valence-corrected chi connectivity index (χ1v) is 8.24. The summed E-state index contributed by atoms with van der Waals surface area (Å²) in [6, 6.07) is 7.84. The molecular formula is C14H20Cl2N2OS. The van der Waals surface area contributed by atoms with Crippen LogP contribution in [0.4, 0.5) is 0 Å². The minimum Gasteiger partial charge on any atom is -0.333 e. The first-order valence-electron chi connectivity index (χ1n) is 6.47. The van der Waals surface area contributed by atoms with E-state index in [0.717, 1.165) is 36.0 Å². The van der Waals surface area contributed by atoms with E-state index in [1.165, 1.54) is 0 Å². The monoisotopic (exact) mass is 334 g/mol. The molecule has 1 heterocycles. The van der Waals surface area contributed by atoms with Crippen LogP contribution in [-0.4, -0.2) is 42.4 Å². The van der Waals surface area contributed by atoms with E-state index in [9.17, 15) is 4.79 Å². The number of hydrogen-bond acceptors (Lipinski definition) is 3. The summed E-state index contributed by atoms with van der Waals surface area (Å²) in [5, 5.41) is 4.08. The average molecular weight is 335 g/mol. The Morgan fingerprint density at radius 2 is 2.25 bits per heavy atom. The van der Waals surface area contributed by atoms with Crippen molar-refractivity contribution in [2.24, 2.45) is 0 Å². The van der Waals surface area contributed by atoms with Crippen molar-refractivity contribution in [1.29, 1.82) is 0 Å². The minimum absolute atomic E-state index is 0. The Morgan fingerprint density at radius 3 is 2.95 bits per heavy atom. The van der Waals surface area contributed by atoms with Crippen molar-refractivity contribution in [2.45, 2.75) is 12.5 Å². The third-order valence-corrected chi connectivity index (χ3v) is 4.30. The molecule has 1 aromatic carbocycles. The fourth-order valence-electron chi connectivity index (χ4n) is 2.36. The number of piperazine rings is 1. The second kappa shape index (κ2) is 8.78. The molecule has 1 amide bonds. The zero-order chi connectivity index (χ0) is 13.7. The Balaban J connectivity index is 0.00000200. The minimum atomic E-state index is 0. The molecule has 1 unspecified atom stereocenters. The van der Waals surface area contributed by atoms with Crippen molar-refractivity contribution in [3.8, 4) is 0 Å². The molecule has 1 aliphatic heterocycles. The molecule has 0 aliphatic carbocycles. The van der Waals surface area contributed by atoms with Gasteiger partial charge in [-0.05, 0) is 17.9 Å². The maximum atomic E-state index is 12.3. The molecule has 1 N–H and O–H groups in total. The second-order valence-electron chi connectivity index (χ2n) is 4.57. The number of thioether (sulfide) groups is 1. The van der Waals surface area contributed by atoms with Gasteiger partial charge in [0.1, 0.15) is 0 Å². The standard InChI is InChI=1S/C14H19ClN2OS.ClH/c1-19-9-6-14(18)17-8-7-16-10-13(17)11-4-2-3-5-12(11)15;/h2-5,13,16H,6-10H2,1H3;1H. The lowest BCUT2D eigenvalue weighted by Crippen LogP contribution is -2.48. The predicted molar refractivity (Wildman–Crippen MR) is 89.0 cm³/mol. The van der Waals surface area contributed by atoms with E-state index in [0.29, 0.717) is 6.42 Å². The molecule has 1 aromatic rings. The molecule has 6 heteroatoms. The van der Waals surface area contributed by atoms with E-state index in [1.54, 1.807) is 11.8 Å². The molecule has 0 radical (unpaired) electrons. The maximum absolute atomic E-state index is 12.3. The van der Waals surface area contributed by atoms with Crippen molar-refractivity contribution in [2.75, 3.05) is 31.6 Å². The zero-order valence-corrected chi connectivity index (χ0v) is 13.9. The molecule has 0 saturated carbocycles. The van der Waals surface area contributed by atoms with Crippen LogP contribution in [0.2, 0.25) is 5.02 Å². The Kier molecular flexibility index (Phi) is 7.74. The van der Waals surface area contributed by atoms with Gasteiger partial charge in [0.25, 0.3) is 0 Å². The van der Waals surface area contributed by atoms with Crippen LogP contribution < -0.4 is 5.32 Å². The van der Waals surface area contributed by atoms with Gasteiger partial charge in [0, 0.05) is 36.8 Å². The second-order valence-corrected chi connectivity index (χ2v) is 5.96. The molecule has 0 bridgehead atoms. The van der Waals surface area contributed by atoms with E-state index >= 15 is 0 Å². The molecule has 3 nitrogen and oxygen atoms in total. The molecular weight excluding hydrogens is 315 g/mol. The average Bonchev–Trinajstić information content (AvgIpc) is 2.45. The third-order valence-electron chi connectivity index (χ3n) is 3.35. The fourth-order valence-corrected chi connectivity index (χ4v) is 3.00. The van der Waals surface area contributed by atoms with E-state index in [2.05, 4.69) is 5.32 Å².